The molecule has 4 unspecified atom stereocenters. The van der Waals surface area contributed by atoms with Gasteiger partial charge >= 0.3 is 11.9 Å². The first-order valence-corrected chi connectivity index (χ1v) is 16.6. The number of nitrogens with zero attached hydrogens (tertiary/aromatic N) is 2. The zero-order chi connectivity index (χ0) is 32.4. The van der Waals surface area contributed by atoms with Crippen molar-refractivity contribution < 1.29 is 19.8 Å². The monoisotopic (exact) mass is 620 g/mol. The molecule has 232 valence electrons. The Morgan fingerprint density at radius 1 is 1.02 bits per heavy atom. The van der Waals surface area contributed by atoms with Crippen molar-refractivity contribution in [3.8, 4) is 17.2 Å². The Morgan fingerprint density at radius 2 is 1.71 bits per heavy atom. The molecule has 1 aliphatic heterocycles. The molecule has 2 N–H and O–H groups in total. The van der Waals surface area contributed by atoms with Crippen LogP contribution in [0, 0.1) is 23.2 Å². The number of anilines is 2. The fourth-order valence-corrected chi connectivity index (χ4v) is 9.05. The highest BCUT2D eigenvalue weighted by Crippen LogP contribution is 2.56. The molecule has 7 heteroatoms. The maximum atomic E-state index is 11.7. The number of carboxylic acid groups (broad SMARTS) is 2. The zero-order valence-corrected chi connectivity index (χ0v) is 27.5. The summed E-state index contributed by atoms with van der Waals surface area (Å²) in [4.78, 5) is 26.8. The van der Waals surface area contributed by atoms with Crippen molar-refractivity contribution in [1.29, 1.82) is 5.26 Å². The van der Waals surface area contributed by atoms with Crippen molar-refractivity contribution in [2.45, 2.75) is 87.8 Å². The highest BCUT2D eigenvalue weighted by molar-refractivity contribution is 8.00. The Hall–Kier alpha value is -4.02. The van der Waals surface area contributed by atoms with E-state index < -0.39 is 17.9 Å². The molecule has 3 aliphatic rings. The molecule has 0 saturated heterocycles. The fourth-order valence-electron chi connectivity index (χ4n) is 7.74. The van der Waals surface area contributed by atoms with Gasteiger partial charge in [0.1, 0.15) is 11.6 Å². The average Bonchev–Trinajstić information content (AvgIpc) is 3.65. The predicted octanol–water partition coefficient (Wildman–Crippen LogP) is 9.00. The summed E-state index contributed by atoms with van der Waals surface area (Å²) in [6, 6.07) is 21.8. The minimum Gasteiger partial charge on any atom is -0.481 e. The summed E-state index contributed by atoms with van der Waals surface area (Å²) in [6.45, 7) is 12.7. The maximum absolute atomic E-state index is 11.7. The Morgan fingerprint density at radius 3 is 2.38 bits per heavy atom. The van der Waals surface area contributed by atoms with E-state index in [1.54, 1.807) is 24.8 Å². The summed E-state index contributed by atoms with van der Waals surface area (Å²) in [6.07, 6.45) is 4.80. The number of thioether (sulfide) groups is 1. The number of nitriles is 1. The van der Waals surface area contributed by atoms with Crippen molar-refractivity contribution in [1.82, 2.24) is 0 Å². The lowest BCUT2D eigenvalue weighted by molar-refractivity contribution is -0.143. The van der Waals surface area contributed by atoms with E-state index in [4.69, 9.17) is 0 Å². The molecule has 1 saturated carbocycles. The van der Waals surface area contributed by atoms with Crippen LogP contribution in [0.25, 0.3) is 17.2 Å². The summed E-state index contributed by atoms with van der Waals surface area (Å²) < 4.78 is -0.255. The third kappa shape index (κ3) is 5.13. The van der Waals surface area contributed by atoms with Gasteiger partial charge < -0.3 is 15.1 Å². The quantitative estimate of drug-likeness (QED) is 0.147. The normalized spacial score (nSPS) is 20.9. The Balaban J connectivity index is 1.34. The van der Waals surface area contributed by atoms with Crippen LogP contribution in [0.4, 0.5) is 11.4 Å². The van der Waals surface area contributed by atoms with E-state index in [1.165, 1.54) is 39.6 Å². The summed E-state index contributed by atoms with van der Waals surface area (Å²) in [5, 5.41) is 28.2. The van der Waals surface area contributed by atoms with Crippen LogP contribution in [0.3, 0.4) is 0 Å². The second-order valence-corrected chi connectivity index (χ2v) is 15.7. The Kier molecular flexibility index (Phi) is 7.64. The largest absolute Gasteiger partial charge is 0.481 e. The van der Waals surface area contributed by atoms with Gasteiger partial charge in [-0.1, -0.05) is 66.2 Å². The molecule has 0 bridgehead atoms. The number of rotatable bonds is 8. The van der Waals surface area contributed by atoms with Crippen LogP contribution >= 0.6 is 11.8 Å². The van der Waals surface area contributed by atoms with E-state index >= 15 is 0 Å². The van der Waals surface area contributed by atoms with Crippen molar-refractivity contribution in [3.05, 3.63) is 82.4 Å². The molecule has 0 amide bonds. The molecule has 45 heavy (non-hydrogen) atoms. The van der Waals surface area contributed by atoms with Gasteiger partial charge in [0.05, 0.1) is 5.92 Å². The smallest absolute Gasteiger partial charge is 0.346 e. The first kappa shape index (κ1) is 31.0. The average molecular weight is 621 g/mol. The van der Waals surface area contributed by atoms with Gasteiger partial charge in [-0.25, -0.2) is 4.79 Å². The zero-order valence-electron chi connectivity index (χ0n) is 26.7. The Labute approximate surface area is 269 Å². The summed E-state index contributed by atoms with van der Waals surface area (Å²) >= 11 is 1.75. The van der Waals surface area contributed by atoms with Gasteiger partial charge in [-0.3, -0.25) is 4.79 Å². The highest BCUT2D eigenvalue weighted by Gasteiger charge is 2.44. The molecule has 1 heterocycles. The number of benzene rings is 3. The van der Waals surface area contributed by atoms with Crippen LogP contribution in [-0.4, -0.2) is 32.9 Å². The SMILES string of the molecule is CC(C(=O)O)C(C)C(C)(C)Sc1ccc2c(c1)C(C)(C)c1cc(N3c4ccc(/C=C(\C#N)C(=O)O)cc4C4CCCC43)ccc1-2. The predicted molar refractivity (Wildman–Crippen MR) is 180 cm³/mol. The lowest BCUT2D eigenvalue weighted by Crippen LogP contribution is -2.34. The number of carbonyl (C=O) groups is 2. The van der Waals surface area contributed by atoms with Gasteiger partial charge in [0.15, 0.2) is 0 Å². The number of aliphatic carboxylic acids is 2. The van der Waals surface area contributed by atoms with Crippen LogP contribution in [0.15, 0.2) is 65.1 Å². The molecular formula is C38H40N2O4S. The molecule has 0 spiro atoms. The van der Waals surface area contributed by atoms with Crippen LogP contribution in [0.1, 0.15) is 89.0 Å². The van der Waals surface area contributed by atoms with Crippen LogP contribution in [0.2, 0.25) is 0 Å². The van der Waals surface area contributed by atoms with Crippen LogP contribution in [-0.2, 0) is 15.0 Å². The molecule has 3 aromatic carbocycles. The van der Waals surface area contributed by atoms with Crippen molar-refractivity contribution in [3.63, 3.8) is 0 Å². The first-order valence-electron chi connectivity index (χ1n) is 15.7. The summed E-state index contributed by atoms with van der Waals surface area (Å²) in [5.74, 6) is -2.04. The molecule has 1 fully saturated rings. The van der Waals surface area contributed by atoms with Gasteiger partial charge in [-0.15, -0.1) is 11.8 Å². The highest BCUT2D eigenvalue weighted by atomic mass is 32.2. The molecule has 2 aliphatic carbocycles. The molecule has 4 atom stereocenters. The summed E-state index contributed by atoms with van der Waals surface area (Å²) in [7, 11) is 0. The lowest BCUT2D eigenvalue weighted by atomic mass is 9.82. The molecule has 6 rings (SSSR count). The van der Waals surface area contributed by atoms with Crippen LogP contribution < -0.4 is 4.90 Å². The van der Waals surface area contributed by atoms with E-state index in [1.807, 2.05) is 13.0 Å². The van der Waals surface area contributed by atoms with Gasteiger partial charge in [-0.05, 0) is 94.6 Å². The van der Waals surface area contributed by atoms with Gasteiger partial charge in [0, 0.05) is 38.4 Å². The van der Waals surface area contributed by atoms with E-state index in [0.29, 0.717) is 12.0 Å². The van der Waals surface area contributed by atoms with E-state index in [2.05, 4.69) is 81.1 Å². The van der Waals surface area contributed by atoms with E-state index in [-0.39, 0.29) is 21.7 Å². The summed E-state index contributed by atoms with van der Waals surface area (Å²) in [5.41, 5.74) is 8.92. The minimum absolute atomic E-state index is 0.0126. The van der Waals surface area contributed by atoms with Crippen molar-refractivity contribution in [2.75, 3.05) is 4.90 Å². The number of carboxylic acids is 2. The third-order valence-electron chi connectivity index (χ3n) is 10.7. The maximum Gasteiger partial charge on any atom is 0.346 e. The molecule has 0 aromatic heterocycles. The van der Waals surface area contributed by atoms with Crippen molar-refractivity contribution in [2.24, 2.45) is 11.8 Å². The second-order valence-electron chi connectivity index (χ2n) is 14.0. The fraction of sp³-hybridized carbons (Fsp3) is 0.395. The van der Waals surface area contributed by atoms with Crippen LogP contribution in [0.5, 0.6) is 0 Å². The topological polar surface area (TPSA) is 102 Å². The number of hydrogen-bond acceptors (Lipinski definition) is 5. The van der Waals surface area contributed by atoms with Crippen molar-refractivity contribution >= 4 is 41.2 Å². The number of fused-ring (bicyclic) bond motifs is 6. The second kappa shape index (κ2) is 11.1. The Bertz CT molecular complexity index is 1800. The van der Waals surface area contributed by atoms with Gasteiger partial charge in [-0.2, -0.15) is 5.26 Å². The van der Waals surface area contributed by atoms with E-state index in [0.717, 1.165) is 35.4 Å². The minimum atomic E-state index is -1.21. The van der Waals surface area contributed by atoms with E-state index in [9.17, 15) is 25.1 Å². The molecule has 0 radical (unpaired) electrons. The lowest BCUT2D eigenvalue weighted by Gasteiger charge is -2.34. The third-order valence-corrected chi connectivity index (χ3v) is 12.1. The number of hydrogen-bond donors (Lipinski definition) is 2. The standard InChI is InChI=1S/C38H40N2O4S/c1-21(35(41)42)22(2)38(5,6)45-26-12-14-28-27-13-11-25(18-31(27)37(3,4)32(28)19-26)40-33-9-7-8-29(33)30-17-23(10-15-34(30)40)16-24(20-39)36(43)44/h10-19,21-22,29,33H,7-9H2,1-6H3,(H,41,42)(H,43,44)/b24-16+. The molecular weight excluding hydrogens is 580 g/mol. The van der Waals surface area contributed by atoms with Gasteiger partial charge in [0.2, 0.25) is 0 Å². The molecule has 3 aromatic rings. The molecule has 6 nitrogen and oxygen atoms in total. The first-order chi connectivity index (χ1) is 21.2. The van der Waals surface area contributed by atoms with Gasteiger partial charge in [0.25, 0.3) is 0 Å².